The summed E-state index contributed by atoms with van der Waals surface area (Å²) in [5, 5.41) is 2.94. The highest BCUT2D eigenvalue weighted by Crippen LogP contribution is 2.28. The largest absolute Gasteiger partial charge is 0.493 e. The van der Waals surface area contributed by atoms with Crippen LogP contribution in [0.25, 0.3) is 0 Å². The first kappa shape index (κ1) is 21.6. The number of ether oxygens (including phenoxy) is 3. The van der Waals surface area contributed by atoms with Gasteiger partial charge in [-0.2, -0.15) is 0 Å². The lowest BCUT2D eigenvalue weighted by atomic mass is 10.2. The lowest BCUT2D eigenvalue weighted by molar-refractivity contribution is -0.128. The highest BCUT2D eigenvalue weighted by molar-refractivity contribution is 5.81. The van der Waals surface area contributed by atoms with Crippen LogP contribution in [0.15, 0.2) is 42.5 Å². The van der Waals surface area contributed by atoms with E-state index in [2.05, 4.69) is 12.2 Å². The van der Waals surface area contributed by atoms with E-state index in [4.69, 9.17) is 14.2 Å². The van der Waals surface area contributed by atoms with Crippen molar-refractivity contribution in [2.75, 3.05) is 13.7 Å². The molecule has 1 atom stereocenters. The minimum atomic E-state index is -0.527. The summed E-state index contributed by atoms with van der Waals surface area (Å²) >= 11 is 0. The zero-order valence-corrected chi connectivity index (χ0v) is 17.3. The van der Waals surface area contributed by atoms with Crippen molar-refractivity contribution in [3.63, 3.8) is 0 Å². The molecule has 1 N–H and O–H groups in total. The topological polar surface area (TPSA) is 56.8 Å². The number of amides is 1. The summed E-state index contributed by atoms with van der Waals surface area (Å²) in [7, 11) is 1.62. The van der Waals surface area contributed by atoms with Gasteiger partial charge in [-0.25, -0.2) is 0 Å². The fraction of sp³-hybridized carbons (Fsp3) is 0.435. The Labute approximate surface area is 168 Å². The van der Waals surface area contributed by atoms with E-state index in [0.717, 1.165) is 29.7 Å². The highest BCUT2D eigenvalue weighted by atomic mass is 16.5. The first-order chi connectivity index (χ1) is 13.6. The summed E-state index contributed by atoms with van der Waals surface area (Å²) in [6.45, 7) is 7.14. The van der Waals surface area contributed by atoms with E-state index in [9.17, 15) is 4.79 Å². The number of rotatable bonds is 11. The van der Waals surface area contributed by atoms with E-state index in [1.807, 2.05) is 56.3 Å². The zero-order chi connectivity index (χ0) is 20.4. The number of nitrogens with one attached hydrogen (secondary N) is 1. The molecule has 2 rings (SSSR count). The van der Waals surface area contributed by atoms with Crippen LogP contribution in [-0.2, 0) is 11.3 Å². The van der Waals surface area contributed by atoms with Crippen molar-refractivity contribution in [2.24, 2.45) is 0 Å². The molecule has 1 unspecified atom stereocenters. The standard InChI is InChI=1S/C23H31NO4/c1-5-7-14-27-21-13-10-18(15-22(21)26-4)16-24-23(25)20(6-2)28-19-11-8-17(3)9-12-19/h8-13,15,20H,5-7,14,16H2,1-4H3,(H,24,25). The molecule has 2 aromatic rings. The number of methoxy groups -OCH3 is 1. The number of aryl methyl sites for hydroxylation is 1. The molecule has 0 saturated heterocycles. The predicted molar refractivity (Wildman–Crippen MR) is 111 cm³/mol. The van der Waals surface area contributed by atoms with E-state index in [0.29, 0.717) is 31.1 Å². The van der Waals surface area contributed by atoms with Crippen molar-refractivity contribution in [3.05, 3.63) is 53.6 Å². The van der Waals surface area contributed by atoms with Gasteiger partial charge in [0.2, 0.25) is 0 Å². The van der Waals surface area contributed by atoms with Crippen LogP contribution >= 0.6 is 0 Å². The van der Waals surface area contributed by atoms with Crippen LogP contribution in [0.1, 0.15) is 44.2 Å². The lowest BCUT2D eigenvalue weighted by Crippen LogP contribution is -2.37. The Balaban J connectivity index is 1.93. The van der Waals surface area contributed by atoms with E-state index >= 15 is 0 Å². The smallest absolute Gasteiger partial charge is 0.261 e. The Morgan fingerprint density at radius 1 is 1.07 bits per heavy atom. The van der Waals surface area contributed by atoms with Crippen molar-refractivity contribution in [1.82, 2.24) is 5.32 Å². The fourth-order valence-electron chi connectivity index (χ4n) is 2.67. The summed E-state index contributed by atoms with van der Waals surface area (Å²) in [6.07, 6.45) is 2.14. The van der Waals surface area contributed by atoms with Crippen LogP contribution in [0.3, 0.4) is 0 Å². The molecule has 1 amide bonds. The molecule has 0 aliphatic rings. The predicted octanol–water partition coefficient (Wildman–Crippen LogP) is 4.66. The second-order valence-corrected chi connectivity index (χ2v) is 6.73. The zero-order valence-electron chi connectivity index (χ0n) is 17.3. The Hall–Kier alpha value is -2.69. The summed E-state index contributed by atoms with van der Waals surface area (Å²) in [4.78, 5) is 12.5. The molecule has 0 aromatic heterocycles. The number of carbonyl (C=O) groups is 1. The summed E-state index contributed by atoms with van der Waals surface area (Å²) in [5.74, 6) is 1.96. The van der Waals surface area contributed by atoms with Gasteiger partial charge in [-0.05, 0) is 49.6 Å². The average molecular weight is 386 g/mol. The van der Waals surface area contributed by atoms with Crippen LogP contribution in [-0.4, -0.2) is 25.7 Å². The van der Waals surface area contributed by atoms with Crippen molar-refractivity contribution in [1.29, 1.82) is 0 Å². The van der Waals surface area contributed by atoms with Gasteiger partial charge in [-0.1, -0.05) is 44.0 Å². The molecule has 0 heterocycles. The SMILES string of the molecule is CCCCOc1ccc(CNC(=O)C(CC)Oc2ccc(C)cc2)cc1OC. The van der Waals surface area contributed by atoms with Gasteiger partial charge in [-0.3, -0.25) is 4.79 Å². The number of carbonyl (C=O) groups excluding carboxylic acids is 1. The van der Waals surface area contributed by atoms with Gasteiger partial charge in [0, 0.05) is 6.54 Å². The third-order valence-corrected chi connectivity index (χ3v) is 4.41. The van der Waals surface area contributed by atoms with Gasteiger partial charge < -0.3 is 19.5 Å². The molecule has 0 radical (unpaired) electrons. The molecule has 5 heteroatoms. The van der Waals surface area contributed by atoms with E-state index in [1.54, 1.807) is 7.11 Å². The average Bonchev–Trinajstić information content (AvgIpc) is 2.72. The minimum Gasteiger partial charge on any atom is -0.493 e. The molecule has 0 saturated carbocycles. The Morgan fingerprint density at radius 2 is 1.82 bits per heavy atom. The van der Waals surface area contributed by atoms with Crippen LogP contribution in [0.2, 0.25) is 0 Å². The van der Waals surface area contributed by atoms with Gasteiger partial charge in [-0.15, -0.1) is 0 Å². The second-order valence-electron chi connectivity index (χ2n) is 6.73. The number of benzene rings is 2. The van der Waals surface area contributed by atoms with E-state index in [1.165, 1.54) is 0 Å². The molecular weight excluding hydrogens is 354 g/mol. The Morgan fingerprint density at radius 3 is 2.46 bits per heavy atom. The third-order valence-electron chi connectivity index (χ3n) is 4.41. The van der Waals surface area contributed by atoms with Crippen molar-refractivity contribution >= 4 is 5.91 Å². The van der Waals surface area contributed by atoms with Crippen LogP contribution in [0.4, 0.5) is 0 Å². The first-order valence-electron chi connectivity index (χ1n) is 9.88. The van der Waals surface area contributed by atoms with Gasteiger partial charge in [0.05, 0.1) is 13.7 Å². The van der Waals surface area contributed by atoms with E-state index < -0.39 is 6.10 Å². The third kappa shape index (κ3) is 6.48. The van der Waals surface area contributed by atoms with Gasteiger partial charge in [0.15, 0.2) is 17.6 Å². The molecule has 0 spiro atoms. The molecule has 0 fully saturated rings. The first-order valence-corrected chi connectivity index (χ1v) is 9.88. The molecule has 0 aliphatic heterocycles. The van der Waals surface area contributed by atoms with Gasteiger partial charge >= 0.3 is 0 Å². The lowest BCUT2D eigenvalue weighted by Gasteiger charge is -2.18. The Kier molecular flexibility index (Phi) is 8.66. The van der Waals surface area contributed by atoms with Crippen molar-refractivity contribution in [2.45, 2.75) is 52.7 Å². The highest BCUT2D eigenvalue weighted by Gasteiger charge is 2.18. The molecule has 28 heavy (non-hydrogen) atoms. The maximum atomic E-state index is 12.5. The number of hydrogen-bond donors (Lipinski definition) is 1. The normalized spacial score (nSPS) is 11.6. The molecule has 5 nitrogen and oxygen atoms in total. The summed E-state index contributed by atoms with van der Waals surface area (Å²) in [6, 6.07) is 13.4. The van der Waals surface area contributed by atoms with Crippen LogP contribution in [0.5, 0.6) is 17.2 Å². The fourth-order valence-corrected chi connectivity index (χ4v) is 2.67. The monoisotopic (exact) mass is 385 g/mol. The maximum absolute atomic E-state index is 12.5. The molecule has 0 aliphatic carbocycles. The van der Waals surface area contributed by atoms with Crippen molar-refractivity contribution in [3.8, 4) is 17.2 Å². The molecular formula is C23H31NO4. The second kappa shape index (κ2) is 11.2. The van der Waals surface area contributed by atoms with Crippen molar-refractivity contribution < 1.29 is 19.0 Å². The quantitative estimate of drug-likeness (QED) is 0.572. The summed E-state index contributed by atoms with van der Waals surface area (Å²) < 4.78 is 17.0. The van der Waals surface area contributed by atoms with Gasteiger partial charge in [0.1, 0.15) is 5.75 Å². The molecule has 2 aromatic carbocycles. The number of hydrogen-bond acceptors (Lipinski definition) is 4. The van der Waals surface area contributed by atoms with Crippen LogP contribution in [0, 0.1) is 6.92 Å². The Bertz CT molecular complexity index is 743. The van der Waals surface area contributed by atoms with E-state index in [-0.39, 0.29) is 5.91 Å². The maximum Gasteiger partial charge on any atom is 0.261 e. The number of unbranched alkanes of at least 4 members (excludes halogenated alkanes) is 1. The summed E-state index contributed by atoms with van der Waals surface area (Å²) in [5.41, 5.74) is 2.10. The molecule has 152 valence electrons. The minimum absolute atomic E-state index is 0.134. The van der Waals surface area contributed by atoms with Crippen LogP contribution < -0.4 is 19.5 Å². The molecule has 0 bridgehead atoms. The van der Waals surface area contributed by atoms with Gasteiger partial charge in [0.25, 0.3) is 5.91 Å².